The number of amides is 1. The Morgan fingerprint density at radius 1 is 1.09 bits per heavy atom. The second kappa shape index (κ2) is 7.68. The van der Waals surface area contributed by atoms with Crippen LogP contribution in [0.4, 0.5) is 0 Å². The average Bonchev–Trinajstić information content (AvgIpc) is 2.60. The van der Waals surface area contributed by atoms with Crippen molar-refractivity contribution in [3.05, 3.63) is 59.2 Å². The summed E-state index contributed by atoms with van der Waals surface area (Å²) in [6.07, 6.45) is 0.848. The van der Waals surface area contributed by atoms with Gasteiger partial charge < -0.3 is 14.8 Å². The van der Waals surface area contributed by atoms with Gasteiger partial charge >= 0.3 is 0 Å². The molecule has 4 nitrogen and oxygen atoms in total. The number of benzene rings is 2. The average molecular weight is 313 g/mol. The fourth-order valence-corrected chi connectivity index (χ4v) is 2.59. The Labute approximate surface area is 137 Å². The van der Waals surface area contributed by atoms with Crippen LogP contribution in [-0.4, -0.2) is 20.1 Å². The van der Waals surface area contributed by atoms with Gasteiger partial charge in [-0.3, -0.25) is 4.79 Å². The van der Waals surface area contributed by atoms with Crippen LogP contribution in [0, 0.1) is 0 Å². The lowest BCUT2D eigenvalue weighted by atomic mass is 9.98. The summed E-state index contributed by atoms with van der Waals surface area (Å²) in [5.74, 6) is 1.28. The van der Waals surface area contributed by atoms with Gasteiger partial charge in [-0.15, -0.1) is 0 Å². The van der Waals surface area contributed by atoms with Gasteiger partial charge in [-0.25, -0.2) is 0 Å². The number of hydrogen-bond acceptors (Lipinski definition) is 3. The summed E-state index contributed by atoms with van der Waals surface area (Å²) in [6, 6.07) is 13.0. The minimum absolute atomic E-state index is 0.0880. The predicted octanol–water partition coefficient (Wildman–Crippen LogP) is 3.76. The monoisotopic (exact) mass is 313 g/mol. The van der Waals surface area contributed by atoms with Gasteiger partial charge in [-0.1, -0.05) is 25.1 Å². The first kappa shape index (κ1) is 16.9. The molecule has 0 spiro atoms. The second-order valence-corrected chi connectivity index (χ2v) is 5.32. The summed E-state index contributed by atoms with van der Waals surface area (Å²) in [5, 5.41) is 3.04. The Morgan fingerprint density at radius 2 is 1.70 bits per heavy atom. The fourth-order valence-electron chi connectivity index (χ4n) is 2.59. The van der Waals surface area contributed by atoms with Gasteiger partial charge in [0.2, 0.25) is 0 Å². The SMILES string of the molecule is CCc1cc(OC)c(OC)cc1[C@H](C)NC(=O)c1ccccc1. The van der Waals surface area contributed by atoms with E-state index < -0.39 is 0 Å². The molecule has 0 bridgehead atoms. The van der Waals surface area contributed by atoms with E-state index in [4.69, 9.17) is 9.47 Å². The van der Waals surface area contributed by atoms with Crippen molar-refractivity contribution < 1.29 is 14.3 Å². The third-order valence-corrected chi connectivity index (χ3v) is 3.88. The van der Waals surface area contributed by atoms with Crippen molar-refractivity contribution in [2.45, 2.75) is 26.3 Å². The molecule has 0 fully saturated rings. The highest BCUT2D eigenvalue weighted by Crippen LogP contribution is 2.33. The van der Waals surface area contributed by atoms with Gasteiger partial charge in [0.15, 0.2) is 11.5 Å². The molecule has 0 aliphatic rings. The van der Waals surface area contributed by atoms with E-state index in [1.54, 1.807) is 26.4 Å². The standard InChI is InChI=1S/C19H23NO3/c1-5-14-11-17(22-3)18(23-4)12-16(14)13(2)20-19(21)15-9-7-6-8-10-15/h6-13H,5H2,1-4H3,(H,20,21)/t13-/m0/s1. The summed E-state index contributed by atoms with van der Waals surface area (Å²) in [5.41, 5.74) is 2.82. The van der Waals surface area contributed by atoms with Crippen molar-refractivity contribution in [2.24, 2.45) is 0 Å². The van der Waals surface area contributed by atoms with Crippen LogP contribution in [0.2, 0.25) is 0 Å². The van der Waals surface area contributed by atoms with Crippen LogP contribution in [0.1, 0.15) is 41.4 Å². The topological polar surface area (TPSA) is 47.6 Å². The quantitative estimate of drug-likeness (QED) is 0.883. The first-order valence-electron chi connectivity index (χ1n) is 7.71. The van der Waals surface area contributed by atoms with Crippen LogP contribution in [-0.2, 0) is 6.42 Å². The molecule has 0 aliphatic heterocycles. The van der Waals surface area contributed by atoms with Crippen molar-refractivity contribution in [1.29, 1.82) is 0 Å². The highest BCUT2D eigenvalue weighted by atomic mass is 16.5. The molecular weight excluding hydrogens is 290 g/mol. The molecule has 4 heteroatoms. The summed E-state index contributed by atoms with van der Waals surface area (Å²) < 4.78 is 10.7. The summed E-state index contributed by atoms with van der Waals surface area (Å²) in [6.45, 7) is 4.05. The zero-order valence-electron chi connectivity index (χ0n) is 14.1. The number of hydrogen-bond donors (Lipinski definition) is 1. The number of nitrogens with one attached hydrogen (secondary N) is 1. The lowest BCUT2D eigenvalue weighted by Gasteiger charge is -2.20. The van der Waals surface area contributed by atoms with Gasteiger partial charge in [-0.05, 0) is 48.7 Å². The predicted molar refractivity (Wildman–Crippen MR) is 91.2 cm³/mol. The van der Waals surface area contributed by atoms with Gasteiger partial charge in [-0.2, -0.15) is 0 Å². The van der Waals surface area contributed by atoms with Gasteiger partial charge in [0.05, 0.1) is 20.3 Å². The molecule has 122 valence electrons. The molecule has 0 heterocycles. The lowest BCUT2D eigenvalue weighted by molar-refractivity contribution is 0.0939. The zero-order chi connectivity index (χ0) is 16.8. The zero-order valence-corrected chi connectivity index (χ0v) is 14.1. The smallest absolute Gasteiger partial charge is 0.251 e. The Morgan fingerprint density at radius 3 is 2.26 bits per heavy atom. The third-order valence-electron chi connectivity index (χ3n) is 3.88. The molecule has 2 aromatic rings. The number of ether oxygens (including phenoxy) is 2. The van der Waals surface area contributed by atoms with Crippen molar-refractivity contribution in [2.75, 3.05) is 14.2 Å². The second-order valence-electron chi connectivity index (χ2n) is 5.32. The van der Waals surface area contributed by atoms with Crippen LogP contribution in [0.15, 0.2) is 42.5 Å². The molecule has 0 radical (unpaired) electrons. The minimum Gasteiger partial charge on any atom is -0.493 e. The van der Waals surface area contributed by atoms with Crippen LogP contribution < -0.4 is 14.8 Å². The lowest BCUT2D eigenvalue weighted by Crippen LogP contribution is -2.27. The van der Waals surface area contributed by atoms with Crippen molar-refractivity contribution in [3.8, 4) is 11.5 Å². The third kappa shape index (κ3) is 3.83. The van der Waals surface area contributed by atoms with E-state index in [1.807, 2.05) is 37.3 Å². The van der Waals surface area contributed by atoms with Crippen molar-refractivity contribution >= 4 is 5.91 Å². The highest BCUT2D eigenvalue weighted by molar-refractivity contribution is 5.94. The Bertz CT molecular complexity index is 668. The maximum atomic E-state index is 12.3. The molecule has 1 N–H and O–H groups in total. The summed E-state index contributed by atoms with van der Waals surface area (Å²) in [4.78, 5) is 12.3. The molecule has 1 amide bonds. The number of carbonyl (C=O) groups excluding carboxylic acids is 1. The van der Waals surface area contributed by atoms with E-state index in [0.717, 1.165) is 17.5 Å². The largest absolute Gasteiger partial charge is 0.493 e. The highest BCUT2D eigenvalue weighted by Gasteiger charge is 2.17. The molecule has 0 saturated carbocycles. The van der Waals surface area contributed by atoms with Crippen LogP contribution in [0.3, 0.4) is 0 Å². The maximum Gasteiger partial charge on any atom is 0.251 e. The van der Waals surface area contributed by atoms with Crippen LogP contribution >= 0.6 is 0 Å². The number of methoxy groups -OCH3 is 2. The Balaban J connectivity index is 2.27. The molecule has 0 aromatic heterocycles. The molecule has 2 aromatic carbocycles. The maximum absolute atomic E-state index is 12.3. The van der Waals surface area contributed by atoms with E-state index in [1.165, 1.54) is 0 Å². The molecule has 23 heavy (non-hydrogen) atoms. The summed E-state index contributed by atoms with van der Waals surface area (Å²) in [7, 11) is 3.23. The van der Waals surface area contributed by atoms with Crippen LogP contribution in [0.25, 0.3) is 0 Å². The van der Waals surface area contributed by atoms with E-state index in [2.05, 4.69) is 12.2 Å². The van der Waals surface area contributed by atoms with E-state index in [9.17, 15) is 4.79 Å². The normalized spacial score (nSPS) is 11.7. The van der Waals surface area contributed by atoms with Gasteiger partial charge in [0, 0.05) is 5.56 Å². The van der Waals surface area contributed by atoms with Crippen molar-refractivity contribution in [1.82, 2.24) is 5.32 Å². The molecule has 1 atom stereocenters. The molecule has 2 rings (SSSR count). The molecule has 0 aliphatic carbocycles. The Hall–Kier alpha value is -2.49. The van der Waals surface area contributed by atoms with Crippen LogP contribution in [0.5, 0.6) is 11.5 Å². The summed E-state index contributed by atoms with van der Waals surface area (Å²) >= 11 is 0. The Kier molecular flexibility index (Phi) is 5.63. The van der Waals surface area contributed by atoms with Gasteiger partial charge in [0.25, 0.3) is 5.91 Å². The number of carbonyl (C=O) groups is 1. The minimum atomic E-state index is -0.127. The first-order valence-corrected chi connectivity index (χ1v) is 7.71. The molecule has 0 saturated heterocycles. The number of rotatable bonds is 6. The van der Waals surface area contributed by atoms with Crippen molar-refractivity contribution in [3.63, 3.8) is 0 Å². The van der Waals surface area contributed by atoms with E-state index in [0.29, 0.717) is 17.1 Å². The van der Waals surface area contributed by atoms with E-state index >= 15 is 0 Å². The van der Waals surface area contributed by atoms with E-state index in [-0.39, 0.29) is 11.9 Å². The van der Waals surface area contributed by atoms with Gasteiger partial charge in [0.1, 0.15) is 0 Å². The number of aryl methyl sites for hydroxylation is 1. The first-order chi connectivity index (χ1) is 11.1. The fraction of sp³-hybridized carbons (Fsp3) is 0.316. The molecular formula is C19H23NO3. The molecule has 0 unspecified atom stereocenters.